The van der Waals surface area contributed by atoms with Gasteiger partial charge in [0.25, 0.3) is 5.91 Å². The molecule has 1 aromatic carbocycles. The molecule has 3 saturated heterocycles. The number of aliphatic hydroxyl groups excluding tert-OH is 1. The molecular weight excluding hydrogens is 920 g/mol. The number of fused-ring (bicyclic) bond motifs is 1. The number of amides is 1. The van der Waals surface area contributed by atoms with Crippen molar-refractivity contribution in [3.8, 4) is 17.7 Å². The van der Waals surface area contributed by atoms with Gasteiger partial charge < -0.3 is 44.7 Å². The number of aliphatic hydroxyl groups is 1. The first-order valence-corrected chi connectivity index (χ1v) is 26.3. The Balaban J connectivity index is 0.627. The predicted octanol–water partition coefficient (Wildman–Crippen LogP) is 7.50. The number of nitrogens with zero attached hydrogens (tertiary/aromatic N) is 10. The number of ether oxygens (including phenoxy) is 3. The maximum Gasteiger partial charge on any atom is 0.254 e. The fraction of sp³-hybridized carbons (Fsp3) is 0.566. The first kappa shape index (κ1) is 50.2. The number of carbonyl (C=O) groups is 1. The van der Waals surface area contributed by atoms with Gasteiger partial charge in [-0.1, -0.05) is 24.6 Å². The van der Waals surface area contributed by atoms with Crippen molar-refractivity contribution in [2.75, 3.05) is 80.8 Å². The zero-order valence-corrected chi connectivity index (χ0v) is 41.8. The van der Waals surface area contributed by atoms with Crippen LogP contribution in [-0.4, -0.2) is 129 Å². The molecule has 71 heavy (non-hydrogen) atoms. The average Bonchev–Trinajstić information content (AvgIpc) is 3.83. The first-order valence-electron chi connectivity index (χ1n) is 25.9. The van der Waals surface area contributed by atoms with E-state index in [0.717, 1.165) is 151 Å². The molecule has 1 saturated carbocycles. The van der Waals surface area contributed by atoms with Gasteiger partial charge in [-0.3, -0.25) is 4.79 Å². The van der Waals surface area contributed by atoms with Gasteiger partial charge in [0.1, 0.15) is 30.1 Å². The Morgan fingerprint density at radius 1 is 0.887 bits per heavy atom. The Labute approximate surface area is 422 Å². The normalized spacial score (nSPS) is 20.5. The smallest absolute Gasteiger partial charge is 0.254 e. The zero-order valence-electron chi connectivity index (χ0n) is 41.1. The highest BCUT2D eigenvalue weighted by atomic mass is 35.5. The van der Waals surface area contributed by atoms with Crippen LogP contribution in [0.1, 0.15) is 111 Å². The highest BCUT2D eigenvalue weighted by Crippen LogP contribution is 2.31. The molecule has 0 spiro atoms. The number of hydrogen-bond acceptors (Lipinski definition) is 15. The highest BCUT2D eigenvalue weighted by molar-refractivity contribution is 6.31. The number of benzene rings is 1. The molecule has 1 aliphatic carbocycles. The Bertz CT molecular complexity index is 2530. The number of piperidine rings is 3. The second-order valence-electron chi connectivity index (χ2n) is 19.7. The summed E-state index contributed by atoms with van der Waals surface area (Å²) in [5.41, 5.74) is 3.91. The van der Waals surface area contributed by atoms with Gasteiger partial charge in [0, 0.05) is 100 Å². The van der Waals surface area contributed by atoms with E-state index in [0.29, 0.717) is 65.3 Å². The van der Waals surface area contributed by atoms with Crippen molar-refractivity contribution in [1.82, 2.24) is 39.8 Å². The Hall–Kier alpha value is -5.80. The standard InChI is InChI=1S/C53H69ClN12O5/c1-2-40-34-60-66-48(28-49(62-51(40)66)65-19-4-3-5-44(65)18-24-67)56-30-39-6-13-50(57-31-39)70-26-25-69-36-38-14-20-63(21-15-38)35-37-16-22-64(23-17-37)53-58-32-42(33-59-53)52(68)61-43-8-11-45(12-9-43)71-46-10-7-41(29-55)47(54)27-46/h6-7,10,13,27-28,31-34,37-38,43-45,56,67H,2-5,8-9,11-12,14-26,30,35-36H2,1H3,(H,61,68)/t43-,44-,45-/m0/s1. The number of anilines is 3. The van der Waals surface area contributed by atoms with Gasteiger partial charge in [-0.25, -0.2) is 19.9 Å². The van der Waals surface area contributed by atoms with Crippen molar-refractivity contribution in [3.63, 3.8) is 0 Å². The summed E-state index contributed by atoms with van der Waals surface area (Å²) in [5, 5.41) is 30.6. The summed E-state index contributed by atoms with van der Waals surface area (Å²) in [6.07, 6.45) is 19.8. The van der Waals surface area contributed by atoms with Gasteiger partial charge in [0.05, 0.1) is 35.1 Å². The lowest BCUT2D eigenvalue weighted by atomic mass is 9.92. The molecule has 0 unspecified atom stereocenters. The average molecular weight is 990 g/mol. The lowest BCUT2D eigenvalue weighted by Gasteiger charge is -2.37. The minimum absolute atomic E-state index is 0.0400. The number of nitriles is 1. The van der Waals surface area contributed by atoms with Gasteiger partial charge >= 0.3 is 0 Å². The molecule has 17 nitrogen and oxygen atoms in total. The fourth-order valence-corrected chi connectivity index (χ4v) is 10.8. The third-order valence-corrected chi connectivity index (χ3v) is 15.1. The predicted molar refractivity (Wildman–Crippen MR) is 273 cm³/mol. The van der Waals surface area contributed by atoms with E-state index in [-0.39, 0.29) is 30.7 Å². The molecule has 4 aromatic heterocycles. The number of aromatic nitrogens is 6. The SMILES string of the molecule is CCc1cnn2c(NCc3ccc(OCCOCC4CCN(CC5CCN(c6ncc(C(=O)N[C@H]7CC[C@H](Oc8ccc(C#N)c(Cl)c8)CC7)cn6)CC5)CC4)nc3)cc(N3CCCC[C@H]3CCO)nc12. The van der Waals surface area contributed by atoms with Gasteiger partial charge in [0.15, 0.2) is 5.65 Å². The molecule has 4 aliphatic rings. The summed E-state index contributed by atoms with van der Waals surface area (Å²) >= 11 is 6.17. The summed E-state index contributed by atoms with van der Waals surface area (Å²) in [7, 11) is 0. The minimum Gasteiger partial charge on any atom is -0.490 e. The molecule has 1 atom stereocenters. The van der Waals surface area contributed by atoms with Crippen LogP contribution in [0.25, 0.3) is 5.65 Å². The first-order chi connectivity index (χ1) is 34.8. The van der Waals surface area contributed by atoms with Crippen LogP contribution in [0.3, 0.4) is 0 Å². The second kappa shape index (κ2) is 24.6. The third kappa shape index (κ3) is 13.2. The van der Waals surface area contributed by atoms with Crippen molar-refractivity contribution in [2.24, 2.45) is 11.8 Å². The lowest BCUT2D eigenvalue weighted by Crippen LogP contribution is -2.42. The number of pyridine rings is 1. The van der Waals surface area contributed by atoms with Crippen LogP contribution in [0.4, 0.5) is 17.6 Å². The van der Waals surface area contributed by atoms with Crippen molar-refractivity contribution >= 4 is 40.7 Å². The van der Waals surface area contributed by atoms with Crippen LogP contribution < -0.4 is 29.9 Å². The molecule has 378 valence electrons. The highest BCUT2D eigenvalue weighted by Gasteiger charge is 2.29. The molecule has 4 fully saturated rings. The molecule has 1 amide bonds. The summed E-state index contributed by atoms with van der Waals surface area (Å²) in [6, 6.07) is 13.6. The number of carbonyl (C=O) groups excluding carboxylic acids is 1. The van der Waals surface area contributed by atoms with Crippen LogP contribution in [0.15, 0.2) is 61.2 Å². The van der Waals surface area contributed by atoms with Crippen LogP contribution in [0, 0.1) is 23.2 Å². The summed E-state index contributed by atoms with van der Waals surface area (Å²) in [4.78, 5) is 39.1. The third-order valence-electron chi connectivity index (χ3n) is 14.8. The lowest BCUT2D eigenvalue weighted by molar-refractivity contribution is 0.0466. The summed E-state index contributed by atoms with van der Waals surface area (Å²) in [5.74, 6) is 4.80. The van der Waals surface area contributed by atoms with Crippen molar-refractivity contribution in [2.45, 2.75) is 115 Å². The Kier molecular flexibility index (Phi) is 17.3. The van der Waals surface area contributed by atoms with Crippen molar-refractivity contribution in [3.05, 3.63) is 88.5 Å². The van der Waals surface area contributed by atoms with Gasteiger partial charge in [-0.15, -0.1) is 0 Å². The van der Waals surface area contributed by atoms with Gasteiger partial charge in [0.2, 0.25) is 11.8 Å². The summed E-state index contributed by atoms with van der Waals surface area (Å²) < 4.78 is 20.0. The molecule has 0 bridgehead atoms. The fourth-order valence-electron chi connectivity index (χ4n) is 10.6. The molecule has 0 radical (unpaired) electrons. The zero-order chi connectivity index (χ0) is 48.9. The Morgan fingerprint density at radius 3 is 2.42 bits per heavy atom. The molecular formula is C53H69ClN12O5. The molecule has 9 rings (SSSR count). The minimum atomic E-state index is -0.148. The topological polar surface area (TPSA) is 191 Å². The van der Waals surface area contributed by atoms with E-state index in [1.165, 1.54) is 6.42 Å². The maximum atomic E-state index is 13.1. The quantitative estimate of drug-likeness (QED) is 0.0650. The van der Waals surface area contributed by atoms with E-state index in [4.69, 9.17) is 36.1 Å². The number of nitrogens with one attached hydrogen (secondary N) is 2. The molecule has 3 N–H and O–H groups in total. The van der Waals surface area contributed by atoms with Crippen LogP contribution >= 0.6 is 11.6 Å². The monoisotopic (exact) mass is 989 g/mol. The number of hydrogen-bond donors (Lipinski definition) is 3. The van der Waals surface area contributed by atoms with Crippen LogP contribution in [0.2, 0.25) is 5.02 Å². The van der Waals surface area contributed by atoms with E-state index in [1.807, 2.05) is 29.0 Å². The molecule has 18 heteroatoms. The number of rotatable bonds is 20. The van der Waals surface area contributed by atoms with E-state index < -0.39 is 0 Å². The summed E-state index contributed by atoms with van der Waals surface area (Å²) in [6.45, 7) is 10.7. The van der Waals surface area contributed by atoms with Crippen molar-refractivity contribution in [1.29, 1.82) is 5.26 Å². The van der Waals surface area contributed by atoms with E-state index in [2.05, 4.69) is 64.4 Å². The molecule has 7 heterocycles. The Morgan fingerprint density at radius 2 is 1.69 bits per heavy atom. The number of aryl methyl sites for hydroxylation is 1. The van der Waals surface area contributed by atoms with Gasteiger partial charge in [-0.05, 0) is 126 Å². The molecule has 5 aromatic rings. The number of halogens is 1. The second-order valence-corrected chi connectivity index (χ2v) is 20.1. The largest absolute Gasteiger partial charge is 0.490 e. The number of likely N-dealkylation sites (tertiary alicyclic amines) is 1. The van der Waals surface area contributed by atoms with E-state index in [1.54, 1.807) is 30.6 Å². The van der Waals surface area contributed by atoms with E-state index in [9.17, 15) is 9.90 Å². The van der Waals surface area contributed by atoms with Crippen LogP contribution in [0.5, 0.6) is 11.6 Å². The van der Waals surface area contributed by atoms with E-state index >= 15 is 0 Å². The maximum absolute atomic E-state index is 13.1. The van der Waals surface area contributed by atoms with Crippen molar-refractivity contribution < 1.29 is 24.1 Å². The van der Waals surface area contributed by atoms with Crippen LogP contribution in [-0.2, 0) is 17.7 Å². The van der Waals surface area contributed by atoms with Gasteiger partial charge in [-0.2, -0.15) is 14.9 Å². The molecule has 3 aliphatic heterocycles.